The van der Waals surface area contributed by atoms with E-state index in [1.165, 1.54) is 28.5 Å². The summed E-state index contributed by atoms with van der Waals surface area (Å²) in [6.07, 6.45) is 4.80. The van der Waals surface area contributed by atoms with E-state index in [0.29, 0.717) is 43.0 Å². The molecule has 1 aliphatic heterocycles. The van der Waals surface area contributed by atoms with Crippen LogP contribution in [0, 0.1) is 10.1 Å². The lowest BCUT2D eigenvalue weighted by Crippen LogP contribution is -2.40. The lowest BCUT2D eigenvalue weighted by atomic mass is 9.93. The molecule has 2 aromatic heterocycles. The molecule has 0 radical (unpaired) electrons. The molecule has 0 saturated heterocycles. The topological polar surface area (TPSA) is 139 Å². The summed E-state index contributed by atoms with van der Waals surface area (Å²) in [5.41, 5.74) is 1.81. The molecule has 13 heteroatoms. The Bertz CT molecular complexity index is 2150. The van der Waals surface area contributed by atoms with Gasteiger partial charge in [0.25, 0.3) is 11.2 Å². The quantitative estimate of drug-likeness (QED) is 0.0953. The molecule has 0 N–H and O–H groups in total. The molecule has 3 aromatic carbocycles. The van der Waals surface area contributed by atoms with Crippen LogP contribution in [-0.4, -0.2) is 39.1 Å². The Labute approximate surface area is 270 Å². The maximum absolute atomic E-state index is 14.3. The van der Waals surface area contributed by atoms with Gasteiger partial charge in [0.05, 0.1) is 40.5 Å². The molecule has 3 heterocycles. The molecule has 0 amide bonds. The third kappa shape index (κ3) is 6.10. The summed E-state index contributed by atoms with van der Waals surface area (Å²) in [7, 11) is 1.56. The average molecular weight is 652 g/mol. The Hall–Kier alpha value is -5.40. The first-order chi connectivity index (χ1) is 22.4. The van der Waals surface area contributed by atoms with Crippen molar-refractivity contribution in [1.82, 2.24) is 14.5 Å². The molecule has 5 aromatic rings. The van der Waals surface area contributed by atoms with E-state index < -0.39 is 22.5 Å². The zero-order valence-electron chi connectivity index (χ0n) is 24.5. The van der Waals surface area contributed by atoms with Crippen LogP contribution in [0.2, 0.25) is 0 Å². The normalized spacial score (nSPS) is 14.4. The highest BCUT2D eigenvalue weighted by molar-refractivity contribution is 7.99. The standard InChI is InChI=1S/C33H25N5O6S2/c1-3-44-31(40)27-28(20-8-5-4-6-9-20)36-33-37(29(27)21-10-13-24(43-2)14-11-21)30(39)26(46-33)19-22-18-23(38(41)42)12-15-25(22)45-32-34-16-7-17-35-32/h4-19,29H,3H2,1-2H3/b26-19+/t29-/m0/s1. The molecular formula is C33H25N5O6S2. The van der Waals surface area contributed by atoms with Crippen molar-refractivity contribution in [3.8, 4) is 5.75 Å². The number of methoxy groups -OCH3 is 1. The van der Waals surface area contributed by atoms with Crippen molar-refractivity contribution >= 4 is 46.5 Å². The molecule has 0 aliphatic carbocycles. The molecule has 0 unspecified atom stereocenters. The minimum Gasteiger partial charge on any atom is -0.497 e. The third-order valence-corrected chi connectivity index (χ3v) is 9.01. The highest BCUT2D eigenvalue weighted by Gasteiger charge is 2.35. The van der Waals surface area contributed by atoms with Crippen molar-refractivity contribution in [1.29, 1.82) is 0 Å². The summed E-state index contributed by atoms with van der Waals surface area (Å²) in [4.78, 5) is 53.5. The first kappa shape index (κ1) is 30.6. The van der Waals surface area contributed by atoms with Gasteiger partial charge in [0.2, 0.25) is 0 Å². The van der Waals surface area contributed by atoms with Gasteiger partial charge in [0.15, 0.2) is 9.96 Å². The predicted octanol–water partition coefficient (Wildman–Crippen LogP) is 4.79. The van der Waals surface area contributed by atoms with Crippen LogP contribution in [0.3, 0.4) is 0 Å². The van der Waals surface area contributed by atoms with Crippen LogP contribution < -0.4 is 19.6 Å². The Balaban J connectivity index is 1.61. The summed E-state index contributed by atoms with van der Waals surface area (Å²) >= 11 is 2.34. The van der Waals surface area contributed by atoms with Gasteiger partial charge in [-0.15, -0.1) is 0 Å². The highest BCUT2D eigenvalue weighted by atomic mass is 32.2. The Morgan fingerprint density at radius 2 is 1.80 bits per heavy atom. The highest BCUT2D eigenvalue weighted by Crippen LogP contribution is 2.36. The number of nitro groups is 1. The van der Waals surface area contributed by atoms with Gasteiger partial charge in [-0.25, -0.2) is 19.8 Å². The van der Waals surface area contributed by atoms with E-state index in [1.807, 2.05) is 30.3 Å². The minimum atomic E-state index is -0.879. The van der Waals surface area contributed by atoms with E-state index in [-0.39, 0.29) is 22.4 Å². The van der Waals surface area contributed by atoms with Crippen LogP contribution in [0.5, 0.6) is 5.75 Å². The Kier molecular flexibility index (Phi) is 8.85. The number of thiazole rings is 1. The Morgan fingerprint density at radius 1 is 1.07 bits per heavy atom. The van der Waals surface area contributed by atoms with E-state index in [1.54, 1.807) is 68.9 Å². The molecule has 0 bridgehead atoms. The summed E-state index contributed by atoms with van der Waals surface area (Å²) in [6, 6.07) is 21.6. The van der Waals surface area contributed by atoms with E-state index in [4.69, 9.17) is 14.5 Å². The van der Waals surface area contributed by atoms with Crippen molar-refractivity contribution in [2.75, 3.05) is 13.7 Å². The maximum atomic E-state index is 14.3. The van der Waals surface area contributed by atoms with Gasteiger partial charge in [0, 0.05) is 35.0 Å². The summed E-state index contributed by atoms with van der Waals surface area (Å²) in [5, 5.41) is 12.1. The molecule has 11 nitrogen and oxygen atoms in total. The van der Waals surface area contributed by atoms with Crippen LogP contribution in [0.15, 0.2) is 117 Å². The average Bonchev–Trinajstić information content (AvgIpc) is 3.39. The van der Waals surface area contributed by atoms with Gasteiger partial charge in [-0.3, -0.25) is 19.5 Å². The first-order valence-electron chi connectivity index (χ1n) is 14.0. The van der Waals surface area contributed by atoms with E-state index in [2.05, 4.69) is 9.97 Å². The molecule has 0 spiro atoms. The molecule has 6 rings (SSSR count). The molecule has 1 atom stereocenters. The number of nitro benzene ring substituents is 1. The number of ether oxygens (including phenoxy) is 2. The predicted molar refractivity (Wildman–Crippen MR) is 173 cm³/mol. The van der Waals surface area contributed by atoms with Crippen LogP contribution in [0.25, 0.3) is 11.8 Å². The lowest BCUT2D eigenvalue weighted by Gasteiger charge is -2.26. The van der Waals surface area contributed by atoms with E-state index in [0.717, 1.165) is 11.3 Å². The van der Waals surface area contributed by atoms with Crippen molar-refractivity contribution < 1.29 is 19.2 Å². The number of carbonyl (C=O) groups is 1. The van der Waals surface area contributed by atoms with Gasteiger partial charge < -0.3 is 9.47 Å². The number of nitrogens with zero attached hydrogens (tertiary/aromatic N) is 5. The number of non-ortho nitro benzene ring substituents is 1. The fraction of sp³-hybridized carbons (Fsp3) is 0.121. The number of hydrogen-bond acceptors (Lipinski definition) is 11. The second-order valence-electron chi connectivity index (χ2n) is 9.82. The van der Waals surface area contributed by atoms with Gasteiger partial charge in [-0.2, -0.15) is 0 Å². The number of esters is 1. The Morgan fingerprint density at radius 3 is 2.48 bits per heavy atom. The zero-order chi connectivity index (χ0) is 32.2. The molecule has 0 fully saturated rings. The van der Waals surface area contributed by atoms with Crippen LogP contribution >= 0.6 is 23.1 Å². The summed E-state index contributed by atoms with van der Waals surface area (Å²) < 4.78 is 12.6. The van der Waals surface area contributed by atoms with Gasteiger partial charge >= 0.3 is 5.97 Å². The third-order valence-electron chi connectivity index (χ3n) is 7.04. The van der Waals surface area contributed by atoms with Gasteiger partial charge in [0.1, 0.15) is 5.75 Å². The fourth-order valence-corrected chi connectivity index (χ4v) is 6.76. The van der Waals surface area contributed by atoms with Crippen LogP contribution in [0.4, 0.5) is 5.69 Å². The number of rotatable bonds is 9. The second-order valence-corrected chi connectivity index (χ2v) is 11.8. The van der Waals surface area contributed by atoms with Gasteiger partial charge in [-0.05, 0) is 60.2 Å². The summed E-state index contributed by atoms with van der Waals surface area (Å²) in [6.45, 7) is 1.84. The number of carbonyl (C=O) groups excluding carboxylic acids is 1. The molecule has 0 saturated carbocycles. The largest absolute Gasteiger partial charge is 0.497 e. The van der Waals surface area contributed by atoms with Gasteiger partial charge in [-0.1, -0.05) is 53.8 Å². The smallest absolute Gasteiger partial charge is 0.338 e. The van der Waals surface area contributed by atoms with Crippen LogP contribution in [0.1, 0.15) is 29.7 Å². The fourth-order valence-electron chi connectivity index (χ4n) is 4.97. The van der Waals surface area contributed by atoms with Crippen molar-refractivity contribution in [3.05, 3.63) is 143 Å². The first-order valence-corrected chi connectivity index (χ1v) is 15.7. The van der Waals surface area contributed by atoms with Crippen molar-refractivity contribution in [3.63, 3.8) is 0 Å². The second kappa shape index (κ2) is 13.3. The maximum Gasteiger partial charge on any atom is 0.338 e. The van der Waals surface area contributed by atoms with Crippen molar-refractivity contribution in [2.45, 2.75) is 23.0 Å². The number of fused-ring (bicyclic) bond motifs is 1. The van der Waals surface area contributed by atoms with Crippen LogP contribution in [-0.2, 0) is 9.53 Å². The van der Waals surface area contributed by atoms with Crippen molar-refractivity contribution in [2.24, 2.45) is 4.99 Å². The SMILES string of the molecule is CCOC(=O)C1=C(c2ccccc2)N=c2s/c(=C/c3cc([N+](=O)[O-])ccc3Sc3ncccn3)c(=O)n2[C@H]1c1ccc(OC)cc1. The minimum absolute atomic E-state index is 0.127. The van der Waals surface area contributed by atoms with E-state index >= 15 is 0 Å². The monoisotopic (exact) mass is 651 g/mol. The lowest BCUT2D eigenvalue weighted by molar-refractivity contribution is -0.384. The number of aromatic nitrogens is 3. The molecule has 1 aliphatic rings. The number of benzene rings is 3. The number of hydrogen-bond donors (Lipinski definition) is 0. The molecule has 230 valence electrons. The molecular weight excluding hydrogens is 627 g/mol. The zero-order valence-corrected chi connectivity index (χ0v) is 26.2. The molecule has 46 heavy (non-hydrogen) atoms. The van der Waals surface area contributed by atoms with E-state index in [9.17, 15) is 19.7 Å². The summed E-state index contributed by atoms with van der Waals surface area (Å²) in [5.74, 6) is 0.0136.